The van der Waals surface area contributed by atoms with E-state index in [2.05, 4.69) is 4.98 Å². The Bertz CT molecular complexity index is 1160. The van der Waals surface area contributed by atoms with Crippen LogP contribution in [0.3, 0.4) is 0 Å². The van der Waals surface area contributed by atoms with Crippen molar-refractivity contribution in [3.05, 3.63) is 54.1 Å². The molecule has 1 heterocycles. The van der Waals surface area contributed by atoms with E-state index in [0.717, 1.165) is 10.5 Å². The van der Waals surface area contributed by atoms with Gasteiger partial charge in [-0.25, -0.2) is 18.2 Å². The van der Waals surface area contributed by atoms with E-state index in [9.17, 15) is 18.3 Å². The molecule has 1 aromatic heterocycles. The number of thioether (sulfide) groups is 1. The zero-order valence-electron chi connectivity index (χ0n) is 16.4. The smallest absolute Gasteiger partial charge is 0.336 e. The number of hydrogen-bond acceptors (Lipinski definition) is 5. The first-order chi connectivity index (χ1) is 13.8. The molecule has 29 heavy (non-hydrogen) atoms. The summed E-state index contributed by atoms with van der Waals surface area (Å²) in [5.74, 6) is -1.13. The molecule has 0 bridgehead atoms. The van der Waals surface area contributed by atoms with Crippen LogP contribution in [0.4, 0.5) is 0 Å². The number of rotatable bonds is 7. The fraction of sp³-hybridized carbons (Fsp3) is 0.238. The SMILES string of the molecule is CCN(CC)S(=O)(=O)c1ccc2nc(-c3ccc(SC)cc3)cc(C(=O)O)c2c1. The van der Waals surface area contributed by atoms with Gasteiger partial charge in [-0.2, -0.15) is 4.31 Å². The zero-order chi connectivity index (χ0) is 21.2. The summed E-state index contributed by atoms with van der Waals surface area (Å²) in [7, 11) is -3.69. The normalized spacial score (nSPS) is 11.9. The minimum atomic E-state index is -3.69. The second kappa shape index (κ2) is 8.52. The van der Waals surface area contributed by atoms with Crippen LogP contribution in [0.15, 0.2) is 58.3 Å². The highest BCUT2D eigenvalue weighted by molar-refractivity contribution is 7.98. The van der Waals surface area contributed by atoms with Crippen LogP contribution >= 0.6 is 11.8 Å². The van der Waals surface area contributed by atoms with E-state index >= 15 is 0 Å². The van der Waals surface area contributed by atoms with Crippen LogP contribution in [-0.4, -0.2) is 48.1 Å². The highest BCUT2D eigenvalue weighted by atomic mass is 32.2. The Morgan fingerprint density at radius 3 is 2.28 bits per heavy atom. The Kier molecular flexibility index (Phi) is 6.26. The number of hydrogen-bond donors (Lipinski definition) is 1. The summed E-state index contributed by atoms with van der Waals surface area (Å²) >= 11 is 1.62. The number of benzene rings is 2. The van der Waals surface area contributed by atoms with Gasteiger partial charge in [0.2, 0.25) is 10.0 Å². The molecule has 0 amide bonds. The Morgan fingerprint density at radius 2 is 1.72 bits per heavy atom. The lowest BCUT2D eigenvalue weighted by molar-refractivity contribution is 0.0699. The lowest BCUT2D eigenvalue weighted by Crippen LogP contribution is -2.30. The molecule has 3 rings (SSSR count). The van der Waals surface area contributed by atoms with Crippen LogP contribution < -0.4 is 0 Å². The topological polar surface area (TPSA) is 87.6 Å². The van der Waals surface area contributed by atoms with Crippen molar-refractivity contribution < 1.29 is 18.3 Å². The number of carboxylic acid groups (broad SMARTS) is 1. The largest absolute Gasteiger partial charge is 0.478 e. The molecule has 0 saturated carbocycles. The second-order valence-corrected chi connectivity index (χ2v) is 9.17. The van der Waals surface area contributed by atoms with E-state index in [-0.39, 0.29) is 10.5 Å². The van der Waals surface area contributed by atoms with Gasteiger partial charge in [-0.05, 0) is 42.7 Å². The van der Waals surface area contributed by atoms with Gasteiger partial charge in [0.25, 0.3) is 0 Å². The fourth-order valence-electron chi connectivity index (χ4n) is 3.16. The summed E-state index contributed by atoms with van der Waals surface area (Å²) < 4.78 is 27.0. The molecular weight excluding hydrogens is 408 g/mol. The van der Waals surface area contributed by atoms with E-state index in [1.807, 2.05) is 30.5 Å². The van der Waals surface area contributed by atoms with Crippen molar-refractivity contribution in [1.29, 1.82) is 0 Å². The number of nitrogens with zero attached hydrogens (tertiary/aromatic N) is 2. The highest BCUT2D eigenvalue weighted by Crippen LogP contribution is 2.29. The molecule has 0 atom stereocenters. The fourth-order valence-corrected chi connectivity index (χ4v) is 5.06. The van der Waals surface area contributed by atoms with Crippen LogP contribution in [0.5, 0.6) is 0 Å². The number of sulfonamides is 1. The molecule has 0 aliphatic rings. The molecule has 3 aromatic rings. The Hall–Kier alpha value is -2.42. The first kappa shape index (κ1) is 21.3. The van der Waals surface area contributed by atoms with E-state index in [0.29, 0.717) is 29.7 Å². The van der Waals surface area contributed by atoms with Gasteiger partial charge in [0, 0.05) is 28.9 Å². The van der Waals surface area contributed by atoms with Crippen molar-refractivity contribution in [2.24, 2.45) is 0 Å². The number of aromatic nitrogens is 1. The molecule has 0 unspecified atom stereocenters. The molecule has 0 aliphatic carbocycles. The zero-order valence-corrected chi connectivity index (χ0v) is 18.0. The van der Waals surface area contributed by atoms with Gasteiger partial charge < -0.3 is 5.11 Å². The maximum Gasteiger partial charge on any atom is 0.336 e. The highest BCUT2D eigenvalue weighted by Gasteiger charge is 2.23. The average molecular weight is 431 g/mol. The van der Waals surface area contributed by atoms with E-state index in [1.54, 1.807) is 31.7 Å². The molecule has 0 radical (unpaired) electrons. The maximum absolute atomic E-state index is 12.8. The summed E-state index contributed by atoms with van der Waals surface area (Å²) in [6.07, 6.45) is 1.98. The van der Waals surface area contributed by atoms with Gasteiger partial charge >= 0.3 is 5.97 Å². The van der Waals surface area contributed by atoms with Crippen LogP contribution in [0.1, 0.15) is 24.2 Å². The quantitative estimate of drug-likeness (QED) is 0.561. The van der Waals surface area contributed by atoms with Crippen molar-refractivity contribution in [3.8, 4) is 11.3 Å². The number of carbonyl (C=O) groups is 1. The summed E-state index contributed by atoms with van der Waals surface area (Å²) in [4.78, 5) is 17.7. The molecule has 0 fully saturated rings. The van der Waals surface area contributed by atoms with E-state index in [4.69, 9.17) is 0 Å². The van der Waals surface area contributed by atoms with Crippen molar-refractivity contribution in [3.63, 3.8) is 0 Å². The lowest BCUT2D eigenvalue weighted by Gasteiger charge is -2.19. The molecule has 6 nitrogen and oxygen atoms in total. The van der Waals surface area contributed by atoms with Crippen molar-refractivity contribution >= 4 is 38.7 Å². The second-order valence-electron chi connectivity index (χ2n) is 6.36. The Morgan fingerprint density at radius 1 is 1.07 bits per heavy atom. The van der Waals surface area contributed by atoms with Gasteiger partial charge in [-0.3, -0.25) is 0 Å². The van der Waals surface area contributed by atoms with Gasteiger partial charge in [0.1, 0.15) is 0 Å². The first-order valence-corrected chi connectivity index (χ1v) is 11.8. The van der Waals surface area contributed by atoms with Crippen LogP contribution in [0.2, 0.25) is 0 Å². The van der Waals surface area contributed by atoms with Gasteiger partial charge in [-0.15, -0.1) is 11.8 Å². The molecule has 2 aromatic carbocycles. The molecule has 0 spiro atoms. The maximum atomic E-state index is 12.8. The summed E-state index contributed by atoms with van der Waals surface area (Å²) in [6, 6.07) is 13.6. The first-order valence-electron chi connectivity index (χ1n) is 9.14. The van der Waals surface area contributed by atoms with E-state index < -0.39 is 16.0 Å². The number of fused-ring (bicyclic) bond motifs is 1. The van der Waals surface area contributed by atoms with Crippen LogP contribution in [0, 0.1) is 0 Å². The van der Waals surface area contributed by atoms with Gasteiger partial charge in [0.05, 0.1) is 21.7 Å². The Balaban J connectivity index is 2.18. The predicted molar refractivity (Wildman–Crippen MR) is 116 cm³/mol. The van der Waals surface area contributed by atoms with Crippen LogP contribution in [0.25, 0.3) is 22.2 Å². The Labute approximate surface area is 174 Å². The third kappa shape index (κ3) is 4.14. The minimum absolute atomic E-state index is 0.0236. The standard InChI is InChI=1S/C21H22N2O4S2/c1-4-23(5-2)29(26,27)16-10-11-19-17(12-16)18(21(24)25)13-20(22-19)14-6-8-15(28-3)9-7-14/h6-13H,4-5H2,1-3H3,(H,24,25). The lowest BCUT2D eigenvalue weighted by atomic mass is 10.0. The molecule has 152 valence electrons. The van der Waals surface area contributed by atoms with Crippen molar-refractivity contribution in [2.75, 3.05) is 19.3 Å². The molecule has 1 N–H and O–H groups in total. The molecular formula is C21H22N2O4S2. The number of pyridine rings is 1. The summed E-state index contributed by atoms with van der Waals surface area (Å²) in [5.41, 5.74) is 1.79. The third-order valence-corrected chi connectivity index (χ3v) is 7.53. The predicted octanol–water partition coefficient (Wildman–Crippen LogP) is 4.35. The van der Waals surface area contributed by atoms with Gasteiger partial charge in [-0.1, -0.05) is 26.0 Å². The number of aromatic carboxylic acids is 1. The van der Waals surface area contributed by atoms with Crippen LogP contribution in [-0.2, 0) is 10.0 Å². The molecule has 0 saturated heterocycles. The molecule has 8 heteroatoms. The summed E-state index contributed by atoms with van der Waals surface area (Å²) in [6.45, 7) is 4.21. The summed E-state index contributed by atoms with van der Waals surface area (Å²) in [5, 5.41) is 10.0. The van der Waals surface area contributed by atoms with Crippen molar-refractivity contribution in [2.45, 2.75) is 23.6 Å². The number of carboxylic acids is 1. The average Bonchev–Trinajstić information content (AvgIpc) is 2.73. The van der Waals surface area contributed by atoms with Gasteiger partial charge in [0.15, 0.2) is 0 Å². The van der Waals surface area contributed by atoms with E-state index in [1.165, 1.54) is 22.5 Å². The van der Waals surface area contributed by atoms with Crippen molar-refractivity contribution in [1.82, 2.24) is 9.29 Å². The monoisotopic (exact) mass is 430 g/mol. The minimum Gasteiger partial charge on any atom is -0.478 e. The molecule has 0 aliphatic heterocycles. The third-order valence-electron chi connectivity index (χ3n) is 4.74.